The standard InChI is InChI=1S/C25H24N2O3S/c1-3-17-5-4-6-21(15-17)27-23(28)16-31-25(27)19-7-11-20(12-8-19)26-24(29)18-9-13-22(30-2)14-10-18/h4-15,25H,3,16H2,1-2H3,(H,26,29)/t25-/m0/s1. The molecule has 1 N–H and O–H groups in total. The number of hydrogen-bond donors (Lipinski definition) is 1. The fourth-order valence-electron chi connectivity index (χ4n) is 3.55. The van der Waals surface area contributed by atoms with Crippen LogP contribution in [0.4, 0.5) is 11.4 Å². The second kappa shape index (κ2) is 9.27. The summed E-state index contributed by atoms with van der Waals surface area (Å²) in [6, 6.07) is 22.8. The number of amides is 2. The van der Waals surface area contributed by atoms with Gasteiger partial charge in [0, 0.05) is 16.9 Å². The van der Waals surface area contributed by atoms with Crippen molar-refractivity contribution in [1.82, 2.24) is 0 Å². The van der Waals surface area contributed by atoms with Gasteiger partial charge in [0.25, 0.3) is 5.91 Å². The first-order chi connectivity index (χ1) is 15.1. The Balaban J connectivity index is 1.50. The molecule has 0 bridgehead atoms. The smallest absolute Gasteiger partial charge is 0.255 e. The molecule has 0 radical (unpaired) electrons. The zero-order chi connectivity index (χ0) is 21.8. The third kappa shape index (κ3) is 4.59. The highest BCUT2D eigenvalue weighted by Gasteiger charge is 2.34. The van der Waals surface area contributed by atoms with E-state index in [4.69, 9.17) is 4.74 Å². The van der Waals surface area contributed by atoms with E-state index in [1.54, 1.807) is 43.1 Å². The fourth-order valence-corrected chi connectivity index (χ4v) is 4.73. The van der Waals surface area contributed by atoms with E-state index in [1.165, 1.54) is 5.56 Å². The van der Waals surface area contributed by atoms with Crippen LogP contribution in [0.3, 0.4) is 0 Å². The van der Waals surface area contributed by atoms with Crippen molar-refractivity contribution in [3.8, 4) is 5.75 Å². The van der Waals surface area contributed by atoms with Gasteiger partial charge < -0.3 is 10.1 Å². The van der Waals surface area contributed by atoms with Gasteiger partial charge in [-0.3, -0.25) is 14.5 Å². The van der Waals surface area contributed by atoms with Crippen LogP contribution in [0.2, 0.25) is 0 Å². The average Bonchev–Trinajstić information content (AvgIpc) is 3.21. The molecule has 31 heavy (non-hydrogen) atoms. The lowest BCUT2D eigenvalue weighted by Gasteiger charge is -2.25. The quantitative estimate of drug-likeness (QED) is 0.575. The molecular formula is C25H24N2O3S. The van der Waals surface area contributed by atoms with E-state index >= 15 is 0 Å². The average molecular weight is 433 g/mol. The first-order valence-electron chi connectivity index (χ1n) is 10.2. The number of hydrogen-bond acceptors (Lipinski definition) is 4. The van der Waals surface area contributed by atoms with Crippen LogP contribution in [0, 0.1) is 0 Å². The van der Waals surface area contributed by atoms with E-state index in [-0.39, 0.29) is 17.2 Å². The monoisotopic (exact) mass is 432 g/mol. The fraction of sp³-hybridized carbons (Fsp3) is 0.200. The lowest BCUT2D eigenvalue weighted by atomic mass is 10.1. The molecule has 4 rings (SSSR count). The Bertz CT molecular complexity index is 1080. The summed E-state index contributed by atoms with van der Waals surface area (Å²) in [5.74, 6) is 1.09. The number of methoxy groups -OCH3 is 1. The first kappa shape index (κ1) is 21.0. The second-order valence-corrected chi connectivity index (χ2v) is 8.32. The maximum Gasteiger partial charge on any atom is 0.255 e. The van der Waals surface area contributed by atoms with Crippen LogP contribution in [0.25, 0.3) is 0 Å². The summed E-state index contributed by atoms with van der Waals surface area (Å²) >= 11 is 1.62. The number of aryl methyl sites for hydroxylation is 1. The molecule has 0 aromatic heterocycles. The molecule has 1 saturated heterocycles. The number of benzene rings is 3. The summed E-state index contributed by atoms with van der Waals surface area (Å²) in [5, 5.41) is 2.84. The highest BCUT2D eigenvalue weighted by Crippen LogP contribution is 2.42. The summed E-state index contributed by atoms with van der Waals surface area (Å²) in [7, 11) is 1.59. The lowest BCUT2D eigenvalue weighted by molar-refractivity contribution is -0.115. The Hall–Kier alpha value is -3.25. The molecule has 1 atom stereocenters. The largest absolute Gasteiger partial charge is 0.497 e. The summed E-state index contributed by atoms with van der Waals surface area (Å²) in [6.07, 6.45) is 0.927. The molecule has 0 unspecified atom stereocenters. The zero-order valence-electron chi connectivity index (χ0n) is 17.5. The summed E-state index contributed by atoms with van der Waals surface area (Å²) in [5.41, 5.74) is 4.43. The highest BCUT2D eigenvalue weighted by atomic mass is 32.2. The number of carbonyl (C=O) groups is 2. The van der Waals surface area contributed by atoms with E-state index in [2.05, 4.69) is 24.4 Å². The van der Waals surface area contributed by atoms with Gasteiger partial charge in [-0.2, -0.15) is 0 Å². The Morgan fingerprint density at radius 1 is 1.10 bits per heavy atom. The van der Waals surface area contributed by atoms with Crippen molar-refractivity contribution in [3.63, 3.8) is 0 Å². The number of rotatable bonds is 6. The van der Waals surface area contributed by atoms with E-state index in [0.717, 1.165) is 17.7 Å². The van der Waals surface area contributed by atoms with Crippen molar-refractivity contribution in [2.75, 3.05) is 23.1 Å². The van der Waals surface area contributed by atoms with Crippen molar-refractivity contribution < 1.29 is 14.3 Å². The predicted octanol–water partition coefficient (Wildman–Crippen LogP) is 5.29. The van der Waals surface area contributed by atoms with E-state index < -0.39 is 0 Å². The molecular weight excluding hydrogens is 408 g/mol. The van der Waals surface area contributed by atoms with Gasteiger partial charge in [0.1, 0.15) is 11.1 Å². The van der Waals surface area contributed by atoms with Crippen LogP contribution < -0.4 is 15.0 Å². The molecule has 158 valence electrons. The van der Waals surface area contributed by atoms with E-state index in [0.29, 0.717) is 22.8 Å². The molecule has 5 nitrogen and oxygen atoms in total. The summed E-state index contributed by atoms with van der Waals surface area (Å²) in [4.78, 5) is 27.0. The number of nitrogens with one attached hydrogen (secondary N) is 1. The summed E-state index contributed by atoms with van der Waals surface area (Å²) < 4.78 is 5.13. The lowest BCUT2D eigenvalue weighted by Crippen LogP contribution is -2.27. The van der Waals surface area contributed by atoms with E-state index in [1.807, 2.05) is 41.3 Å². The van der Waals surface area contributed by atoms with Crippen molar-refractivity contribution in [2.45, 2.75) is 18.7 Å². The van der Waals surface area contributed by atoms with Gasteiger partial charge in [0.15, 0.2) is 0 Å². The minimum atomic E-state index is -0.182. The Labute approximate surface area is 186 Å². The number of ether oxygens (including phenoxy) is 1. The Kier molecular flexibility index (Phi) is 6.28. The van der Waals surface area contributed by atoms with Crippen LogP contribution in [-0.2, 0) is 11.2 Å². The van der Waals surface area contributed by atoms with Gasteiger partial charge in [-0.05, 0) is 66.1 Å². The molecule has 3 aromatic rings. The van der Waals surface area contributed by atoms with Gasteiger partial charge in [0.05, 0.1) is 12.9 Å². The van der Waals surface area contributed by atoms with Crippen LogP contribution in [0.1, 0.15) is 33.8 Å². The predicted molar refractivity (Wildman–Crippen MR) is 126 cm³/mol. The summed E-state index contributed by atoms with van der Waals surface area (Å²) in [6.45, 7) is 2.11. The number of nitrogens with zero attached hydrogens (tertiary/aromatic N) is 1. The van der Waals surface area contributed by atoms with Crippen molar-refractivity contribution >= 4 is 35.0 Å². The molecule has 1 aliphatic heterocycles. The molecule has 6 heteroatoms. The van der Waals surface area contributed by atoms with Crippen molar-refractivity contribution in [3.05, 3.63) is 89.5 Å². The molecule has 2 amide bonds. The molecule has 1 aliphatic rings. The van der Waals surface area contributed by atoms with Crippen LogP contribution >= 0.6 is 11.8 Å². The van der Waals surface area contributed by atoms with Gasteiger partial charge in [0.2, 0.25) is 5.91 Å². The number of thioether (sulfide) groups is 1. The van der Waals surface area contributed by atoms with Crippen LogP contribution in [-0.4, -0.2) is 24.7 Å². The Morgan fingerprint density at radius 2 is 1.84 bits per heavy atom. The van der Waals surface area contributed by atoms with Crippen molar-refractivity contribution in [2.24, 2.45) is 0 Å². The van der Waals surface area contributed by atoms with Crippen LogP contribution in [0.15, 0.2) is 72.8 Å². The molecule has 3 aromatic carbocycles. The SMILES string of the molecule is CCc1cccc(N2C(=O)CS[C@H]2c2ccc(NC(=O)c3ccc(OC)cc3)cc2)c1. The number of anilines is 2. The van der Waals surface area contributed by atoms with Crippen LogP contribution in [0.5, 0.6) is 5.75 Å². The maximum atomic E-state index is 12.6. The first-order valence-corrected chi connectivity index (χ1v) is 11.2. The normalized spacial score (nSPS) is 15.7. The third-order valence-electron chi connectivity index (χ3n) is 5.27. The second-order valence-electron chi connectivity index (χ2n) is 7.26. The minimum absolute atomic E-state index is 0.0778. The van der Waals surface area contributed by atoms with Crippen molar-refractivity contribution in [1.29, 1.82) is 0 Å². The molecule has 0 aliphatic carbocycles. The third-order valence-corrected chi connectivity index (χ3v) is 6.48. The van der Waals surface area contributed by atoms with Gasteiger partial charge in [-0.1, -0.05) is 31.2 Å². The molecule has 1 fully saturated rings. The topological polar surface area (TPSA) is 58.6 Å². The highest BCUT2D eigenvalue weighted by molar-refractivity contribution is 8.00. The van der Waals surface area contributed by atoms with E-state index in [9.17, 15) is 9.59 Å². The Morgan fingerprint density at radius 3 is 2.52 bits per heavy atom. The molecule has 0 spiro atoms. The molecule has 0 saturated carbocycles. The van der Waals surface area contributed by atoms with Gasteiger partial charge >= 0.3 is 0 Å². The van der Waals surface area contributed by atoms with Gasteiger partial charge in [-0.15, -0.1) is 11.8 Å². The maximum absolute atomic E-state index is 12.6. The van der Waals surface area contributed by atoms with Gasteiger partial charge in [-0.25, -0.2) is 0 Å². The number of carbonyl (C=O) groups excluding carboxylic acids is 2. The zero-order valence-corrected chi connectivity index (χ0v) is 18.3. The molecule has 1 heterocycles. The minimum Gasteiger partial charge on any atom is -0.497 e.